The Hall–Kier alpha value is -1.60. The van der Waals surface area contributed by atoms with Gasteiger partial charge < -0.3 is 4.90 Å². The number of hydrogen-bond donors (Lipinski definition) is 0. The molecule has 1 aliphatic rings. The molecule has 0 amide bonds. The largest absolute Gasteiger partial charge is 0.368 e. The third-order valence-corrected chi connectivity index (χ3v) is 3.14. The third kappa shape index (κ3) is 2.95. The highest BCUT2D eigenvalue weighted by Crippen LogP contribution is 2.15. The third-order valence-electron chi connectivity index (χ3n) is 3.14. The first-order valence-electron chi connectivity index (χ1n) is 6.17. The summed E-state index contributed by atoms with van der Waals surface area (Å²) < 4.78 is 0. The maximum absolute atomic E-state index is 8.70. The van der Waals surface area contributed by atoms with Crippen LogP contribution < -0.4 is 4.90 Å². The maximum atomic E-state index is 8.70. The summed E-state index contributed by atoms with van der Waals surface area (Å²) in [5, 5.41) is 8.70. The molecule has 17 heavy (non-hydrogen) atoms. The fourth-order valence-electron chi connectivity index (χ4n) is 2.19. The van der Waals surface area contributed by atoms with E-state index in [1.165, 1.54) is 13.0 Å². The molecule has 2 heterocycles. The van der Waals surface area contributed by atoms with Crippen molar-refractivity contribution in [3.8, 4) is 6.07 Å². The lowest BCUT2D eigenvalue weighted by Crippen LogP contribution is -2.46. The van der Waals surface area contributed by atoms with Gasteiger partial charge in [0.2, 0.25) is 0 Å². The Balaban J connectivity index is 1.94. The molecule has 2 rings (SSSR count). The normalized spacial score (nSPS) is 16.8. The van der Waals surface area contributed by atoms with Crippen LogP contribution in [0, 0.1) is 11.3 Å². The van der Waals surface area contributed by atoms with Crippen molar-refractivity contribution in [2.45, 2.75) is 13.3 Å². The SMILES string of the molecule is CCCN1CCN(c2ccc(C#N)nc2)CC1. The lowest BCUT2D eigenvalue weighted by Gasteiger charge is -2.35. The summed E-state index contributed by atoms with van der Waals surface area (Å²) >= 11 is 0. The number of nitriles is 1. The van der Waals surface area contributed by atoms with Crippen molar-refractivity contribution in [1.82, 2.24) is 9.88 Å². The molecule has 4 nitrogen and oxygen atoms in total. The lowest BCUT2D eigenvalue weighted by atomic mass is 10.2. The van der Waals surface area contributed by atoms with Crippen LogP contribution >= 0.6 is 0 Å². The van der Waals surface area contributed by atoms with Gasteiger partial charge in [0.05, 0.1) is 11.9 Å². The van der Waals surface area contributed by atoms with E-state index in [4.69, 9.17) is 5.26 Å². The molecule has 1 fully saturated rings. The Kier molecular flexibility index (Phi) is 3.94. The molecule has 1 saturated heterocycles. The predicted octanol–water partition coefficient (Wildman–Crippen LogP) is 1.49. The highest BCUT2D eigenvalue weighted by molar-refractivity contribution is 5.46. The molecule has 1 aromatic rings. The molecule has 1 aromatic heterocycles. The zero-order chi connectivity index (χ0) is 12.1. The molecule has 0 saturated carbocycles. The van der Waals surface area contributed by atoms with E-state index in [0.29, 0.717) is 5.69 Å². The molecule has 0 aliphatic carbocycles. The fourth-order valence-corrected chi connectivity index (χ4v) is 2.19. The molecule has 1 aliphatic heterocycles. The summed E-state index contributed by atoms with van der Waals surface area (Å²) in [7, 11) is 0. The van der Waals surface area contributed by atoms with Gasteiger partial charge in [0.15, 0.2) is 0 Å². The molecule has 4 heteroatoms. The van der Waals surface area contributed by atoms with E-state index >= 15 is 0 Å². The van der Waals surface area contributed by atoms with Gasteiger partial charge in [-0.2, -0.15) is 5.26 Å². The number of anilines is 1. The van der Waals surface area contributed by atoms with E-state index in [0.717, 1.165) is 31.9 Å². The first-order valence-corrected chi connectivity index (χ1v) is 6.17. The zero-order valence-electron chi connectivity index (χ0n) is 10.3. The molecule has 0 radical (unpaired) electrons. The van der Waals surface area contributed by atoms with Crippen LogP contribution in [-0.4, -0.2) is 42.6 Å². The molecule has 90 valence electrons. The zero-order valence-corrected chi connectivity index (χ0v) is 10.3. The minimum absolute atomic E-state index is 0.485. The molecular weight excluding hydrogens is 212 g/mol. The van der Waals surface area contributed by atoms with Gasteiger partial charge in [0.1, 0.15) is 11.8 Å². The van der Waals surface area contributed by atoms with E-state index in [2.05, 4.69) is 21.7 Å². The van der Waals surface area contributed by atoms with E-state index in [1.54, 1.807) is 12.3 Å². The highest BCUT2D eigenvalue weighted by atomic mass is 15.3. The van der Waals surface area contributed by atoms with Gasteiger partial charge in [0.25, 0.3) is 0 Å². The Morgan fingerprint density at radius 3 is 2.59 bits per heavy atom. The molecule has 0 N–H and O–H groups in total. The van der Waals surface area contributed by atoms with Crippen molar-refractivity contribution in [1.29, 1.82) is 5.26 Å². The van der Waals surface area contributed by atoms with Crippen LogP contribution in [0.25, 0.3) is 0 Å². The number of pyridine rings is 1. The summed E-state index contributed by atoms with van der Waals surface area (Å²) in [6.07, 6.45) is 3.02. The van der Waals surface area contributed by atoms with Gasteiger partial charge in [-0.15, -0.1) is 0 Å². The van der Waals surface area contributed by atoms with Crippen molar-refractivity contribution in [3.05, 3.63) is 24.0 Å². The number of nitrogens with zero attached hydrogens (tertiary/aromatic N) is 4. The van der Waals surface area contributed by atoms with Crippen molar-refractivity contribution < 1.29 is 0 Å². The average Bonchev–Trinajstić information content (AvgIpc) is 2.40. The maximum Gasteiger partial charge on any atom is 0.140 e. The van der Waals surface area contributed by atoms with Crippen LogP contribution in [0.5, 0.6) is 0 Å². The van der Waals surface area contributed by atoms with Crippen LogP contribution in [0.3, 0.4) is 0 Å². The molecule has 0 aromatic carbocycles. The van der Waals surface area contributed by atoms with E-state index in [-0.39, 0.29) is 0 Å². The van der Waals surface area contributed by atoms with E-state index < -0.39 is 0 Å². The second kappa shape index (κ2) is 5.65. The monoisotopic (exact) mass is 230 g/mol. The summed E-state index contributed by atoms with van der Waals surface area (Å²) in [5.74, 6) is 0. The minimum atomic E-state index is 0.485. The molecule has 0 bridgehead atoms. The number of hydrogen-bond acceptors (Lipinski definition) is 4. The van der Waals surface area contributed by atoms with Crippen molar-refractivity contribution in [2.24, 2.45) is 0 Å². The van der Waals surface area contributed by atoms with Crippen LogP contribution in [0.4, 0.5) is 5.69 Å². The molecule has 0 atom stereocenters. The Morgan fingerprint density at radius 2 is 2.06 bits per heavy atom. The first kappa shape index (κ1) is 11.9. The second-order valence-electron chi connectivity index (χ2n) is 4.34. The average molecular weight is 230 g/mol. The topological polar surface area (TPSA) is 43.2 Å². The molecule has 0 spiro atoms. The smallest absolute Gasteiger partial charge is 0.140 e. The second-order valence-corrected chi connectivity index (χ2v) is 4.34. The van der Waals surface area contributed by atoms with Crippen LogP contribution in [0.1, 0.15) is 19.0 Å². The predicted molar refractivity (Wildman–Crippen MR) is 67.9 cm³/mol. The summed E-state index contributed by atoms with van der Waals surface area (Å²) in [6.45, 7) is 7.75. The first-order chi connectivity index (χ1) is 8.33. The van der Waals surface area contributed by atoms with Gasteiger partial charge in [-0.3, -0.25) is 4.90 Å². The molecule has 0 unspecified atom stereocenters. The standard InChI is InChI=1S/C13H18N4/c1-2-5-16-6-8-17(9-7-16)13-4-3-12(10-14)15-11-13/h3-4,11H,2,5-9H2,1H3. The Labute approximate surface area is 102 Å². The van der Waals surface area contributed by atoms with Gasteiger partial charge in [-0.25, -0.2) is 4.98 Å². The van der Waals surface area contributed by atoms with Gasteiger partial charge in [-0.05, 0) is 25.1 Å². The lowest BCUT2D eigenvalue weighted by molar-refractivity contribution is 0.258. The van der Waals surface area contributed by atoms with Gasteiger partial charge in [-0.1, -0.05) is 6.92 Å². The summed E-state index contributed by atoms with van der Waals surface area (Å²) in [5.41, 5.74) is 1.61. The van der Waals surface area contributed by atoms with E-state index in [1.807, 2.05) is 12.1 Å². The quantitative estimate of drug-likeness (QED) is 0.789. The van der Waals surface area contributed by atoms with Crippen molar-refractivity contribution in [3.63, 3.8) is 0 Å². The summed E-state index contributed by atoms with van der Waals surface area (Å²) in [4.78, 5) is 8.94. The number of piperazine rings is 1. The fraction of sp³-hybridized carbons (Fsp3) is 0.538. The van der Waals surface area contributed by atoms with Crippen molar-refractivity contribution in [2.75, 3.05) is 37.6 Å². The van der Waals surface area contributed by atoms with Gasteiger partial charge in [0, 0.05) is 26.2 Å². The van der Waals surface area contributed by atoms with Crippen LogP contribution in [0.2, 0.25) is 0 Å². The Bertz CT molecular complexity index is 385. The van der Waals surface area contributed by atoms with Crippen LogP contribution in [0.15, 0.2) is 18.3 Å². The minimum Gasteiger partial charge on any atom is -0.368 e. The van der Waals surface area contributed by atoms with Gasteiger partial charge >= 0.3 is 0 Å². The highest BCUT2D eigenvalue weighted by Gasteiger charge is 2.16. The Morgan fingerprint density at radius 1 is 1.29 bits per heavy atom. The summed E-state index contributed by atoms with van der Waals surface area (Å²) in [6, 6.07) is 5.82. The van der Waals surface area contributed by atoms with Crippen LogP contribution in [-0.2, 0) is 0 Å². The number of rotatable bonds is 3. The van der Waals surface area contributed by atoms with Crippen molar-refractivity contribution >= 4 is 5.69 Å². The molecular formula is C13H18N4. The van der Waals surface area contributed by atoms with E-state index in [9.17, 15) is 0 Å². The number of aromatic nitrogens is 1.